The molecule has 0 aliphatic rings. The summed E-state index contributed by atoms with van der Waals surface area (Å²) in [5, 5.41) is 22.7. The van der Waals surface area contributed by atoms with Gasteiger partial charge in [-0.15, -0.1) is 0 Å². The maximum Gasteiger partial charge on any atom is 0.153 e. The molecule has 12 heavy (non-hydrogen) atoms. The summed E-state index contributed by atoms with van der Waals surface area (Å²) in [5.74, 6) is 0.159. The van der Waals surface area contributed by atoms with Crippen molar-refractivity contribution in [2.75, 3.05) is 13.2 Å². The van der Waals surface area contributed by atoms with Gasteiger partial charge in [-0.2, -0.15) is 0 Å². The van der Waals surface area contributed by atoms with Crippen LogP contribution in [0.5, 0.6) is 0 Å². The molecule has 5 nitrogen and oxygen atoms in total. The standard InChI is InChI=1S/C7H17N3O2/c1-2-6(3-4-11)9-5-7(8)10-12/h6,9,11-12H,2-5H2,1H3,(H2,8,10). The summed E-state index contributed by atoms with van der Waals surface area (Å²) in [6.07, 6.45) is 1.61. The molecular weight excluding hydrogens is 158 g/mol. The Labute approximate surface area is 72.3 Å². The van der Waals surface area contributed by atoms with E-state index in [1.807, 2.05) is 6.92 Å². The van der Waals surface area contributed by atoms with Gasteiger partial charge in [-0.05, 0) is 12.8 Å². The van der Waals surface area contributed by atoms with E-state index in [-0.39, 0.29) is 18.5 Å². The summed E-state index contributed by atoms with van der Waals surface area (Å²) < 4.78 is 0. The number of amidine groups is 1. The van der Waals surface area contributed by atoms with Gasteiger partial charge < -0.3 is 21.4 Å². The van der Waals surface area contributed by atoms with E-state index in [0.717, 1.165) is 6.42 Å². The molecule has 0 saturated heterocycles. The molecule has 72 valence electrons. The molecule has 1 atom stereocenters. The van der Waals surface area contributed by atoms with Gasteiger partial charge in [-0.1, -0.05) is 12.1 Å². The number of rotatable bonds is 6. The fourth-order valence-electron chi connectivity index (χ4n) is 0.891. The topological polar surface area (TPSA) is 90.9 Å². The maximum absolute atomic E-state index is 8.64. The molecule has 1 unspecified atom stereocenters. The number of aliphatic hydroxyl groups is 1. The summed E-state index contributed by atoms with van der Waals surface area (Å²) in [7, 11) is 0. The van der Waals surface area contributed by atoms with Crippen LogP contribution < -0.4 is 11.1 Å². The number of hydrogen-bond donors (Lipinski definition) is 4. The molecule has 0 bridgehead atoms. The lowest BCUT2D eigenvalue weighted by molar-refractivity contribution is 0.264. The van der Waals surface area contributed by atoms with Crippen LogP contribution in [0.25, 0.3) is 0 Å². The van der Waals surface area contributed by atoms with Crippen molar-refractivity contribution >= 4 is 5.84 Å². The Morgan fingerprint density at radius 2 is 2.33 bits per heavy atom. The minimum Gasteiger partial charge on any atom is -0.409 e. The third-order valence-corrected chi connectivity index (χ3v) is 1.67. The average Bonchev–Trinajstić information content (AvgIpc) is 2.11. The van der Waals surface area contributed by atoms with Crippen molar-refractivity contribution in [3.8, 4) is 0 Å². The molecule has 0 aliphatic heterocycles. The molecule has 0 aromatic heterocycles. The van der Waals surface area contributed by atoms with Crippen molar-refractivity contribution in [2.45, 2.75) is 25.8 Å². The highest BCUT2D eigenvalue weighted by atomic mass is 16.4. The van der Waals surface area contributed by atoms with E-state index >= 15 is 0 Å². The van der Waals surface area contributed by atoms with Crippen LogP contribution in [0.1, 0.15) is 19.8 Å². The Morgan fingerprint density at radius 1 is 1.67 bits per heavy atom. The van der Waals surface area contributed by atoms with Gasteiger partial charge in [-0.3, -0.25) is 0 Å². The summed E-state index contributed by atoms with van der Waals surface area (Å²) in [4.78, 5) is 0. The Hall–Kier alpha value is -0.810. The van der Waals surface area contributed by atoms with Crippen molar-refractivity contribution in [1.82, 2.24) is 5.32 Å². The molecule has 0 aromatic carbocycles. The number of aliphatic hydroxyl groups excluding tert-OH is 1. The van der Waals surface area contributed by atoms with Gasteiger partial charge in [0.25, 0.3) is 0 Å². The van der Waals surface area contributed by atoms with Crippen LogP contribution in [0, 0.1) is 0 Å². The molecule has 5 heteroatoms. The monoisotopic (exact) mass is 175 g/mol. The van der Waals surface area contributed by atoms with Crippen molar-refractivity contribution in [1.29, 1.82) is 0 Å². The highest BCUT2D eigenvalue weighted by molar-refractivity contribution is 5.81. The summed E-state index contributed by atoms with van der Waals surface area (Å²) in [5.41, 5.74) is 5.25. The third kappa shape index (κ3) is 4.92. The van der Waals surface area contributed by atoms with Gasteiger partial charge in [0.15, 0.2) is 5.84 Å². The van der Waals surface area contributed by atoms with Gasteiger partial charge >= 0.3 is 0 Å². The summed E-state index contributed by atoms with van der Waals surface area (Å²) in [6.45, 7) is 2.52. The van der Waals surface area contributed by atoms with Crippen LogP contribution in [-0.2, 0) is 0 Å². The lowest BCUT2D eigenvalue weighted by Crippen LogP contribution is -2.36. The highest BCUT2D eigenvalue weighted by Gasteiger charge is 2.04. The normalized spacial score (nSPS) is 14.7. The summed E-state index contributed by atoms with van der Waals surface area (Å²) in [6, 6.07) is 0.232. The Morgan fingerprint density at radius 3 is 2.75 bits per heavy atom. The molecule has 0 aliphatic carbocycles. The molecular formula is C7H17N3O2. The van der Waals surface area contributed by atoms with E-state index in [4.69, 9.17) is 16.0 Å². The zero-order valence-corrected chi connectivity index (χ0v) is 7.32. The van der Waals surface area contributed by atoms with Gasteiger partial charge in [0.1, 0.15) is 0 Å². The molecule has 0 rings (SSSR count). The number of hydrogen-bond acceptors (Lipinski definition) is 4. The van der Waals surface area contributed by atoms with Gasteiger partial charge in [0.05, 0.1) is 6.54 Å². The lowest BCUT2D eigenvalue weighted by atomic mass is 10.1. The predicted molar refractivity (Wildman–Crippen MR) is 47.2 cm³/mol. The smallest absolute Gasteiger partial charge is 0.153 e. The minimum atomic E-state index is 0.154. The van der Waals surface area contributed by atoms with Crippen LogP contribution >= 0.6 is 0 Å². The Balaban J connectivity index is 3.57. The largest absolute Gasteiger partial charge is 0.409 e. The molecule has 0 radical (unpaired) electrons. The molecule has 5 N–H and O–H groups in total. The number of nitrogens with one attached hydrogen (secondary N) is 1. The minimum absolute atomic E-state index is 0.154. The fraction of sp³-hybridized carbons (Fsp3) is 0.857. The van der Waals surface area contributed by atoms with E-state index in [0.29, 0.717) is 13.0 Å². The van der Waals surface area contributed by atoms with Gasteiger partial charge in [0.2, 0.25) is 0 Å². The first-order chi connectivity index (χ1) is 5.74. The average molecular weight is 175 g/mol. The second kappa shape index (κ2) is 6.87. The zero-order chi connectivity index (χ0) is 9.40. The van der Waals surface area contributed by atoms with Crippen LogP contribution in [0.15, 0.2) is 5.16 Å². The lowest BCUT2D eigenvalue weighted by Gasteiger charge is -2.14. The Kier molecular flexibility index (Phi) is 6.41. The molecule has 0 amide bonds. The number of oxime groups is 1. The van der Waals surface area contributed by atoms with E-state index < -0.39 is 0 Å². The second-order valence-corrected chi connectivity index (χ2v) is 2.59. The van der Waals surface area contributed by atoms with Crippen molar-refractivity contribution < 1.29 is 10.3 Å². The van der Waals surface area contributed by atoms with E-state index in [9.17, 15) is 0 Å². The SMILES string of the molecule is CCC(CCO)NCC(N)=NO. The predicted octanol–water partition coefficient (Wildman–Crippen LogP) is -0.517. The van der Waals surface area contributed by atoms with E-state index in [2.05, 4.69) is 10.5 Å². The zero-order valence-electron chi connectivity index (χ0n) is 7.32. The summed E-state index contributed by atoms with van der Waals surface area (Å²) >= 11 is 0. The Bertz CT molecular complexity index is 139. The molecule has 0 heterocycles. The first-order valence-electron chi connectivity index (χ1n) is 4.05. The quantitative estimate of drug-likeness (QED) is 0.189. The fourth-order valence-corrected chi connectivity index (χ4v) is 0.891. The van der Waals surface area contributed by atoms with Crippen LogP contribution in [0.3, 0.4) is 0 Å². The maximum atomic E-state index is 8.64. The van der Waals surface area contributed by atoms with Crippen molar-refractivity contribution in [3.63, 3.8) is 0 Å². The number of nitrogens with zero attached hydrogens (tertiary/aromatic N) is 1. The van der Waals surface area contributed by atoms with Crippen LogP contribution in [0.4, 0.5) is 0 Å². The van der Waals surface area contributed by atoms with E-state index in [1.54, 1.807) is 0 Å². The highest BCUT2D eigenvalue weighted by Crippen LogP contribution is 1.94. The molecule has 0 saturated carbocycles. The number of nitrogens with two attached hydrogens (primary N) is 1. The second-order valence-electron chi connectivity index (χ2n) is 2.59. The van der Waals surface area contributed by atoms with Crippen LogP contribution in [0.2, 0.25) is 0 Å². The van der Waals surface area contributed by atoms with E-state index in [1.165, 1.54) is 0 Å². The van der Waals surface area contributed by atoms with Crippen molar-refractivity contribution in [2.24, 2.45) is 10.9 Å². The molecule has 0 aromatic rings. The van der Waals surface area contributed by atoms with Gasteiger partial charge in [0, 0.05) is 12.6 Å². The van der Waals surface area contributed by atoms with Gasteiger partial charge in [-0.25, -0.2) is 0 Å². The molecule has 0 fully saturated rings. The first kappa shape index (κ1) is 11.2. The molecule has 0 spiro atoms. The van der Waals surface area contributed by atoms with Crippen molar-refractivity contribution in [3.05, 3.63) is 0 Å². The van der Waals surface area contributed by atoms with Crippen LogP contribution in [-0.4, -0.2) is 35.3 Å². The third-order valence-electron chi connectivity index (χ3n) is 1.67. The first-order valence-corrected chi connectivity index (χ1v) is 4.05.